The molecule has 6 nitrogen and oxygen atoms in total. The van der Waals surface area contributed by atoms with Gasteiger partial charge in [-0.2, -0.15) is 0 Å². The number of benzene rings is 1. The lowest BCUT2D eigenvalue weighted by Crippen LogP contribution is -2.36. The number of likely N-dealkylation sites (N-methyl/N-ethyl adjacent to an activating group) is 1. The van der Waals surface area contributed by atoms with Crippen molar-refractivity contribution in [1.82, 2.24) is 10.2 Å². The Hall–Kier alpha value is -1.79. The van der Waals surface area contributed by atoms with Crippen LogP contribution in [0.2, 0.25) is 0 Å². The van der Waals surface area contributed by atoms with Gasteiger partial charge < -0.3 is 20.3 Å². The smallest absolute Gasteiger partial charge is 0.259 e. The summed E-state index contributed by atoms with van der Waals surface area (Å²) >= 11 is 0. The van der Waals surface area contributed by atoms with E-state index in [0.29, 0.717) is 18.7 Å². The molecule has 0 radical (unpaired) electrons. The first-order valence-corrected chi connectivity index (χ1v) is 6.54. The van der Waals surface area contributed by atoms with Gasteiger partial charge in [0.05, 0.1) is 13.7 Å². The number of aromatic hydroxyl groups is 1. The number of carbonyl (C=O) groups excluding carboxylic acids is 1. The second kappa shape index (κ2) is 6.11. The first-order valence-electron chi connectivity index (χ1n) is 6.54. The Morgan fingerprint density at radius 3 is 2.90 bits per heavy atom. The van der Waals surface area contributed by atoms with Crippen LogP contribution in [0.25, 0.3) is 0 Å². The van der Waals surface area contributed by atoms with Crippen LogP contribution in [-0.2, 0) is 0 Å². The standard InChI is InChI=1S/C14H20N2O4/c1-16-7-9(6-10(16)8-17)15-14(19)13-11(18)4-3-5-12(13)20-2/h3-5,9-10,17-18H,6-8H2,1-2H3,(H,15,19)/t9-,10+/m1/s1. The number of likely N-dealkylation sites (tertiary alicyclic amines) is 1. The number of phenols is 1. The number of nitrogens with zero attached hydrogens (tertiary/aromatic N) is 1. The number of nitrogens with one attached hydrogen (secondary N) is 1. The van der Waals surface area contributed by atoms with Crippen molar-refractivity contribution in [2.75, 3.05) is 27.3 Å². The Labute approximate surface area is 118 Å². The average Bonchev–Trinajstić information content (AvgIpc) is 2.78. The number of hydrogen-bond acceptors (Lipinski definition) is 5. The molecule has 0 unspecified atom stereocenters. The van der Waals surface area contributed by atoms with E-state index in [0.717, 1.165) is 0 Å². The zero-order chi connectivity index (χ0) is 14.7. The predicted octanol–water partition coefficient (Wildman–Crippen LogP) is 0.196. The third-order valence-corrected chi connectivity index (χ3v) is 3.69. The van der Waals surface area contributed by atoms with Gasteiger partial charge in [-0.15, -0.1) is 0 Å². The quantitative estimate of drug-likeness (QED) is 0.734. The highest BCUT2D eigenvalue weighted by Crippen LogP contribution is 2.27. The van der Waals surface area contributed by atoms with Gasteiger partial charge in [-0.05, 0) is 25.6 Å². The van der Waals surface area contributed by atoms with Gasteiger partial charge in [0.2, 0.25) is 0 Å². The van der Waals surface area contributed by atoms with E-state index in [4.69, 9.17) is 4.74 Å². The van der Waals surface area contributed by atoms with Crippen LogP contribution in [0.1, 0.15) is 16.8 Å². The molecule has 2 rings (SSSR count). The SMILES string of the molecule is COc1cccc(O)c1C(=O)N[C@@H]1C[C@@H](CO)N(C)C1. The van der Waals surface area contributed by atoms with Crippen LogP contribution < -0.4 is 10.1 Å². The number of aliphatic hydroxyl groups is 1. The van der Waals surface area contributed by atoms with Crippen LogP contribution >= 0.6 is 0 Å². The van der Waals surface area contributed by atoms with Gasteiger partial charge in [0, 0.05) is 18.6 Å². The Morgan fingerprint density at radius 1 is 1.55 bits per heavy atom. The number of ether oxygens (including phenoxy) is 1. The molecular formula is C14H20N2O4. The molecule has 1 heterocycles. The van der Waals surface area contributed by atoms with Crippen molar-refractivity contribution in [2.45, 2.75) is 18.5 Å². The Morgan fingerprint density at radius 2 is 2.30 bits per heavy atom. The van der Waals surface area contributed by atoms with E-state index in [-0.39, 0.29) is 35.9 Å². The van der Waals surface area contributed by atoms with Crippen LogP contribution in [0.5, 0.6) is 11.5 Å². The van der Waals surface area contributed by atoms with Crippen LogP contribution in [0, 0.1) is 0 Å². The van der Waals surface area contributed by atoms with E-state index in [2.05, 4.69) is 5.32 Å². The highest BCUT2D eigenvalue weighted by Gasteiger charge is 2.31. The van der Waals surface area contributed by atoms with Crippen molar-refractivity contribution >= 4 is 5.91 Å². The van der Waals surface area contributed by atoms with Gasteiger partial charge in [-0.1, -0.05) is 6.07 Å². The lowest BCUT2D eigenvalue weighted by Gasteiger charge is -2.15. The summed E-state index contributed by atoms with van der Waals surface area (Å²) in [6, 6.07) is 4.72. The molecule has 1 fully saturated rings. The number of aliphatic hydroxyl groups excluding tert-OH is 1. The summed E-state index contributed by atoms with van der Waals surface area (Å²) < 4.78 is 5.10. The number of amides is 1. The van der Waals surface area contributed by atoms with E-state index in [1.54, 1.807) is 12.1 Å². The van der Waals surface area contributed by atoms with Gasteiger partial charge >= 0.3 is 0 Å². The van der Waals surface area contributed by atoms with E-state index < -0.39 is 0 Å². The minimum atomic E-state index is -0.364. The van der Waals surface area contributed by atoms with Crippen molar-refractivity contribution in [1.29, 1.82) is 0 Å². The maximum Gasteiger partial charge on any atom is 0.259 e. The Bertz CT molecular complexity index is 492. The lowest BCUT2D eigenvalue weighted by atomic mass is 10.1. The van der Waals surface area contributed by atoms with Gasteiger partial charge in [-0.25, -0.2) is 0 Å². The van der Waals surface area contributed by atoms with Gasteiger partial charge in [-0.3, -0.25) is 9.69 Å². The molecule has 20 heavy (non-hydrogen) atoms. The molecule has 1 saturated heterocycles. The lowest BCUT2D eigenvalue weighted by molar-refractivity contribution is 0.0932. The molecule has 0 aliphatic carbocycles. The molecule has 2 atom stereocenters. The van der Waals surface area contributed by atoms with Crippen molar-refractivity contribution in [3.05, 3.63) is 23.8 Å². The molecule has 1 aliphatic rings. The molecule has 1 amide bonds. The van der Waals surface area contributed by atoms with Gasteiger partial charge in [0.25, 0.3) is 5.91 Å². The number of hydrogen-bond donors (Lipinski definition) is 3. The maximum absolute atomic E-state index is 12.3. The molecule has 1 aromatic rings. The third-order valence-electron chi connectivity index (χ3n) is 3.69. The van der Waals surface area contributed by atoms with E-state index in [9.17, 15) is 15.0 Å². The summed E-state index contributed by atoms with van der Waals surface area (Å²) in [5, 5.41) is 21.9. The van der Waals surface area contributed by atoms with E-state index in [1.807, 2.05) is 11.9 Å². The number of carbonyl (C=O) groups is 1. The fourth-order valence-corrected chi connectivity index (χ4v) is 2.57. The summed E-state index contributed by atoms with van der Waals surface area (Å²) in [6.07, 6.45) is 0.689. The van der Waals surface area contributed by atoms with Crippen molar-refractivity contribution in [3.63, 3.8) is 0 Å². The maximum atomic E-state index is 12.3. The van der Waals surface area contributed by atoms with Gasteiger partial charge in [0.15, 0.2) is 0 Å². The second-order valence-corrected chi connectivity index (χ2v) is 5.04. The minimum absolute atomic E-state index is 0.0473. The monoisotopic (exact) mass is 280 g/mol. The second-order valence-electron chi connectivity index (χ2n) is 5.04. The summed E-state index contributed by atoms with van der Waals surface area (Å²) in [6.45, 7) is 0.746. The van der Waals surface area contributed by atoms with E-state index in [1.165, 1.54) is 13.2 Å². The largest absolute Gasteiger partial charge is 0.507 e. The topological polar surface area (TPSA) is 82.0 Å². The van der Waals surface area contributed by atoms with Crippen molar-refractivity contribution in [2.24, 2.45) is 0 Å². The Kier molecular flexibility index (Phi) is 4.46. The van der Waals surface area contributed by atoms with Crippen LogP contribution in [0.4, 0.5) is 0 Å². The zero-order valence-corrected chi connectivity index (χ0v) is 11.7. The predicted molar refractivity (Wildman–Crippen MR) is 74.0 cm³/mol. The minimum Gasteiger partial charge on any atom is -0.507 e. The molecule has 1 aliphatic heterocycles. The van der Waals surface area contributed by atoms with Crippen LogP contribution in [-0.4, -0.2) is 60.4 Å². The summed E-state index contributed by atoms with van der Waals surface area (Å²) in [5.41, 5.74) is 0.144. The van der Waals surface area contributed by atoms with E-state index >= 15 is 0 Å². The summed E-state index contributed by atoms with van der Waals surface area (Å²) in [5.74, 6) is -0.128. The van der Waals surface area contributed by atoms with Crippen LogP contribution in [0.15, 0.2) is 18.2 Å². The highest BCUT2D eigenvalue weighted by atomic mass is 16.5. The first kappa shape index (κ1) is 14.6. The summed E-state index contributed by atoms with van der Waals surface area (Å²) in [4.78, 5) is 14.3. The zero-order valence-electron chi connectivity index (χ0n) is 11.7. The number of methoxy groups -OCH3 is 1. The third kappa shape index (κ3) is 2.86. The van der Waals surface area contributed by atoms with Crippen molar-refractivity contribution < 1.29 is 19.7 Å². The summed E-state index contributed by atoms with van der Waals surface area (Å²) in [7, 11) is 3.37. The average molecular weight is 280 g/mol. The van der Waals surface area contributed by atoms with Gasteiger partial charge in [0.1, 0.15) is 17.1 Å². The highest BCUT2D eigenvalue weighted by molar-refractivity contribution is 5.99. The first-order chi connectivity index (χ1) is 9.56. The molecule has 0 bridgehead atoms. The molecular weight excluding hydrogens is 260 g/mol. The normalized spacial score (nSPS) is 22.8. The van der Waals surface area contributed by atoms with Crippen LogP contribution in [0.3, 0.4) is 0 Å². The van der Waals surface area contributed by atoms with Crippen molar-refractivity contribution in [3.8, 4) is 11.5 Å². The molecule has 0 aromatic heterocycles. The number of rotatable bonds is 4. The molecule has 1 aromatic carbocycles. The molecule has 6 heteroatoms. The Balaban J connectivity index is 2.10. The molecule has 3 N–H and O–H groups in total. The fourth-order valence-electron chi connectivity index (χ4n) is 2.57. The molecule has 110 valence electrons. The number of phenolic OH excluding ortho intramolecular Hbond substituents is 1. The fraction of sp³-hybridized carbons (Fsp3) is 0.500. The molecule has 0 spiro atoms. The molecule has 0 saturated carbocycles.